The Hall–Kier alpha value is -1.67. The highest BCUT2D eigenvalue weighted by atomic mass is 32.2. The van der Waals surface area contributed by atoms with Crippen molar-refractivity contribution in [1.82, 2.24) is 10.3 Å². The molecule has 3 N–H and O–H groups in total. The second kappa shape index (κ2) is 6.49. The maximum absolute atomic E-state index is 12.7. The Morgan fingerprint density at radius 2 is 2.04 bits per heavy atom. The van der Waals surface area contributed by atoms with Gasteiger partial charge in [0.1, 0.15) is 9.71 Å². The molecule has 1 atom stereocenters. The molecule has 2 aromatic rings. The van der Waals surface area contributed by atoms with Gasteiger partial charge in [-0.1, -0.05) is 6.92 Å². The van der Waals surface area contributed by atoms with Crippen molar-refractivity contribution in [3.05, 3.63) is 21.7 Å². The molecule has 3 heterocycles. The number of pyridine rings is 1. The summed E-state index contributed by atoms with van der Waals surface area (Å²) in [6.45, 7) is 2.11. The lowest BCUT2D eigenvalue weighted by atomic mass is 9.88. The van der Waals surface area contributed by atoms with Crippen LogP contribution in [-0.4, -0.2) is 36.9 Å². The van der Waals surface area contributed by atoms with Gasteiger partial charge in [-0.15, -0.1) is 11.3 Å². The van der Waals surface area contributed by atoms with E-state index < -0.39 is 9.84 Å². The van der Waals surface area contributed by atoms with Crippen LogP contribution in [0.5, 0.6) is 0 Å². The second-order valence-corrected chi connectivity index (χ2v) is 10.4. The van der Waals surface area contributed by atoms with Gasteiger partial charge in [-0.3, -0.25) is 4.79 Å². The largest absolute Gasteiger partial charge is 0.397 e. The first kappa shape index (κ1) is 17.7. The molecule has 26 heavy (non-hydrogen) atoms. The number of aromatic nitrogens is 1. The third-order valence-corrected chi connectivity index (χ3v) is 8.26. The van der Waals surface area contributed by atoms with Crippen LogP contribution in [0.2, 0.25) is 0 Å². The summed E-state index contributed by atoms with van der Waals surface area (Å²) in [7, 11) is -3.03. The number of amides is 1. The molecule has 1 unspecified atom stereocenters. The Kier molecular flexibility index (Phi) is 4.43. The van der Waals surface area contributed by atoms with Gasteiger partial charge >= 0.3 is 0 Å². The summed E-state index contributed by atoms with van der Waals surface area (Å²) in [6, 6.07) is -0.329. The van der Waals surface area contributed by atoms with Crippen LogP contribution in [0, 0.1) is 0 Å². The summed E-state index contributed by atoms with van der Waals surface area (Å²) in [5, 5.41) is 3.78. The summed E-state index contributed by atoms with van der Waals surface area (Å²) in [5.41, 5.74) is 10.6. The standard InChI is InChI=1S/C18H23N3O3S2/c1-2-13-11-5-3-4-6-12(11)14-15(19)16(25-18(14)21-13)17(22)20-10-7-8-26(23,24)9-10/h10H,2-9,19H2,1H3,(H,20,22). The monoisotopic (exact) mass is 393 g/mol. The zero-order valence-corrected chi connectivity index (χ0v) is 16.4. The Morgan fingerprint density at radius 1 is 1.31 bits per heavy atom. The van der Waals surface area contributed by atoms with Crippen molar-refractivity contribution in [3.8, 4) is 0 Å². The van der Waals surface area contributed by atoms with E-state index in [2.05, 4.69) is 12.2 Å². The number of rotatable bonds is 3. The summed E-state index contributed by atoms with van der Waals surface area (Å²) in [6.07, 6.45) is 5.64. The van der Waals surface area contributed by atoms with E-state index in [1.807, 2.05) is 0 Å². The minimum absolute atomic E-state index is 0.0111. The van der Waals surface area contributed by atoms with Crippen LogP contribution in [0.4, 0.5) is 5.69 Å². The average Bonchev–Trinajstić information content (AvgIpc) is 3.13. The predicted molar refractivity (Wildman–Crippen MR) is 105 cm³/mol. The number of carbonyl (C=O) groups excluding carboxylic acids is 1. The van der Waals surface area contributed by atoms with Gasteiger partial charge in [-0.25, -0.2) is 13.4 Å². The van der Waals surface area contributed by atoms with Crippen molar-refractivity contribution >= 4 is 43.0 Å². The van der Waals surface area contributed by atoms with Crippen LogP contribution >= 0.6 is 11.3 Å². The fourth-order valence-corrected chi connectivity index (χ4v) is 6.83. The summed E-state index contributed by atoms with van der Waals surface area (Å²) in [5.74, 6) is -0.137. The number of anilines is 1. The maximum Gasteiger partial charge on any atom is 0.263 e. The second-order valence-electron chi connectivity index (χ2n) is 7.17. The van der Waals surface area contributed by atoms with E-state index in [4.69, 9.17) is 10.7 Å². The SMILES string of the molecule is CCc1nc2sc(C(=O)NC3CCS(=O)(=O)C3)c(N)c2c2c1CCCC2. The average molecular weight is 394 g/mol. The lowest BCUT2D eigenvalue weighted by molar-refractivity contribution is 0.0946. The molecule has 1 amide bonds. The molecule has 1 saturated heterocycles. The van der Waals surface area contributed by atoms with Crippen LogP contribution in [0.25, 0.3) is 10.2 Å². The molecule has 0 aromatic carbocycles. The number of hydrogen-bond acceptors (Lipinski definition) is 6. The molecule has 1 aliphatic carbocycles. The fraction of sp³-hybridized carbons (Fsp3) is 0.556. The number of nitrogens with one attached hydrogen (secondary N) is 1. The number of sulfone groups is 1. The topological polar surface area (TPSA) is 102 Å². The maximum atomic E-state index is 12.7. The molecule has 0 spiro atoms. The first-order valence-corrected chi connectivity index (χ1v) is 11.8. The normalized spacial score (nSPS) is 21.7. The van der Waals surface area contributed by atoms with Crippen LogP contribution in [0.3, 0.4) is 0 Å². The predicted octanol–water partition coefficient (Wildman–Crippen LogP) is 2.24. The number of aryl methyl sites for hydroxylation is 2. The van der Waals surface area contributed by atoms with E-state index in [1.165, 1.54) is 28.9 Å². The molecule has 1 fully saturated rings. The van der Waals surface area contributed by atoms with Crippen molar-refractivity contribution in [3.63, 3.8) is 0 Å². The molecule has 6 nitrogen and oxygen atoms in total. The third kappa shape index (κ3) is 2.99. The third-order valence-electron chi connectivity index (χ3n) is 5.39. The van der Waals surface area contributed by atoms with Gasteiger partial charge in [0.15, 0.2) is 9.84 Å². The molecule has 8 heteroatoms. The summed E-state index contributed by atoms with van der Waals surface area (Å²) >= 11 is 1.32. The number of nitrogens with two attached hydrogens (primary N) is 1. The van der Waals surface area contributed by atoms with E-state index in [1.54, 1.807) is 0 Å². The van der Waals surface area contributed by atoms with Gasteiger partial charge < -0.3 is 11.1 Å². The lowest BCUT2D eigenvalue weighted by Crippen LogP contribution is -2.35. The van der Waals surface area contributed by atoms with Gasteiger partial charge in [-0.05, 0) is 49.7 Å². The van der Waals surface area contributed by atoms with Gasteiger partial charge in [0, 0.05) is 17.1 Å². The van der Waals surface area contributed by atoms with Gasteiger partial charge in [0.2, 0.25) is 0 Å². The van der Waals surface area contributed by atoms with Crippen molar-refractivity contribution in [2.75, 3.05) is 17.2 Å². The van der Waals surface area contributed by atoms with E-state index in [0.29, 0.717) is 17.0 Å². The molecule has 2 aliphatic rings. The Balaban J connectivity index is 1.72. The van der Waals surface area contributed by atoms with E-state index >= 15 is 0 Å². The number of fused-ring (bicyclic) bond motifs is 3. The van der Waals surface area contributed by atoms with Crippen molar-refractivity contribution in [1.29, 1.82) is 0 Å². The van der Waals surface area contributed by atoms with Crippen molar-refractivity contribution < 1.29 is 13.2 Å². The van der Waals surface area contributed by atoms with Gasteiger partial charge in [0.25, 0.3) is 5.91 Å². The van der Waals surface area contributed by atoms with E-state index in [0.717, 1.165) is 41.6 Å². The van der Waals surface area contributed by atoms with Crippen LogP contribution < -0.4 is 11.1 Å². The Morgan fingerprint density at radius 3 is 2.69 bits per heavy atom. The van der Waals surface area contributed by atoms with Crippen LogP contribution in [-0.2, 0) is 29.1 Å². The zero-order chi connectivity index (χ0) is 18.5. The first-order chi connectivity index (χ1) is 12.4. The van der Waals surface area contributed by atoms with Crippen LogP contribution in [0.1, 0.15) is 52.7 Å². The molecule has 0 radical (unpaired) electrons. The zero-order valence-electron chi connectivity index (χ0n) is 14.8. The number of hydrogen-bond donors (Lipinski definition) is 2. The molecular formula is C18H23N3O3S2. The smallest absolute Gasteiger partial charge is 0.263 e. The Labute approximate surface area is 157 Å². The minimum atomic E-state index is -3.03. The van der Waals surface area contributed by atoms with Gasteiger partial charge in [-0.2, -0.15) is 0 Å². The highest BCUT2D eigenvalue weighted by Crippen LogP contribution is 2.40. The van der Waals surface area contributed by atoms with E-state index in [-0.39, 0.29) is 23.5 Å². The van der Waals surface area contributed by atoms with Gasteiger partial charge in [0.05, 0.1) is 17.2 Å². The molecule has 1 aliphatic heterocycles. The first-order valence-electron chi connectivity index (χ1n) is 9.13. The van der Waals surface area contributed by atoms with Crippen molar-refractivity contribution in [2.45, 2.75) is 51.5 Å². The summed E-state index contributed by atoms with van der Waals surface area (Å²) < 4.78 is 23.2. The number of nitrogen functional groups attached to an aromatic ring is 1. The number of thiophene rings is 1. The number of carbonyl (C=O) groups is 1. The molecule has 4 rings (SSSR count). The molecule has 0 saturated carbocycles. The highest BCUT2D eigenvalue weighted by molar-refractivity contribution is 7.91. The summed E-state index contributed by atoms with van der Waals surface area (Å²) in [4.78, 5) is 18.8. The molecule has 140 valence electrons. The minimum Gasteiger partial charge on any atom is -0.397 e. The number of nitrogens with zero attached hydrogens (tertiary/aromatic N) is 1. The van der Waals surface area contributed by atoms with Crippen LogP contribution in [0.15, 0.2) is 0 Å². The highest BCUT2D eigenvalue weighted by Gasteiger charge is 2.31. The Bertz CT molecular complexity index is 995. The molecule has 0 bridgehead atoms. The van der Waals surface area contributed by atoms with Crippen molar-refractivity contribution in [2.24, 2.45) is 0 Å². The fourth-order valence-electron chi connectivity index (χ4n) is 4.11. The lowest BCUT2D eigenvalue weighted by Gasteiger charge is -2.19. The molecular weight excluding hydrogens is 370 g/mol. The quantitative estimate of drug-likeness (QED) is 0.833. The van der Waals surface area contributed by atoms with E-state index in [9.17, 15) is 13.2 Å². The molecule has 2 aromatic heterocycles.